The number of carbonyl (C=O) groups is 1. The first-order chi connectivity index (χ1) is 8.56. The average Bonchev–Trinajstić information content (AvgIpc) is 2.68. The molecule has 2 N–H and O–H groups in total. The Labute approximate surface area is 106 Å². The maximum atomic E-state index is 11.0. The van der Waals surface area contributed by atoms with Gasteiger partial charge in [-0.25, -0.2) is 4.79 Å². The number of hydrogen-bond donors (Lipinski definition) is 2. The van der Waals surface area contributed by atoms with Crippen LogP contribution in [0.3, 0.4) is 0 Å². The van der Waals surface area contributed by atoms with E-state index in [4.69, 9.17) is 9.84 Å². The van der Waals surface area contributed by atoms with Crippen LogP contribution in [0, 0.1) is 0 Å². The van der Waals surface area contributed by atoms with Crippen LogP contribution in [0.25, 0.3) is 0 Å². The van der Waals surface area contributed by atoms with Crippen LogP contribution in [0.15, 0.2) is 18.9 Å². The third-order valence-corrected chi connectivity index (χ3v) is 2.51. The highest BCUT2D eigenvalue weighted by molar-refractivity contribution is 5.88. The van der Waals surface area contributed by atoms with Crippen LogP contribution in [0.1, 0.15) is 23.0 Å². The Kier molecular flexibility index (Phi) is 5.54. The van der Waals surface area contributed by atoms with E-state index in [9.17, 15) is 4.79 Å². The van der Waals surface area contributed by atoms with Crippen molar-refractivity contribution in [2.24, 2.45) is 7.05 Å². The van der Waals surface area contributed by atoms with Crippen LogP contribution in [-0.2, 0) is 18.3 Å². The van der Waals surface area contributed by atoms with Gasteiger partial charge in [0.1, 0.15) is 5.56 Å². The smallest absolute Gasteiger partial charge is 0.339 e. The zero-order chi connectivity index (χ0) is 13.5. The van der Waals surface area contributed by atoms with Crippen molar-refractivity contribution in [3.63, 3.8) is 0 Å². The second-order valence-electron chi connectivity index (χ2n) is 4.00. The van der Waals surface area contributed by atoms with E-state index >= 15 is 0 Å². The summed E-state index contributed by atoms with van der Waals surface area (Å²) in [5, 5.41) is 16.1. The van der Waals surface area contributed by atoms with Crippen molar-refractivity contribution >= 4 is 5.97 Å². The zero-order valence-electron chi connectivity index (χ0n) is 10.7. The molecule has 1 aromatic rings. The number of hydrogen-bond acceptors (Lipinski definition) is 4. The van der Waals surface area contributed by atoms with Crippen LogP contribution in [0.5, 0.6) is 0 Å². The van der Waals surface area contributed by atoms with E-state index in [0.29, 0.717) is 25.4 Å². The van der Waals surface area contributed by atoms with E-state index in [1.807, 2.05) is 6.92 Å². The second kappa shape index (κ2) is 6.93. The predicted octanol–water partition coefficient (Wildman–Crippen LogP) is 0.799. The van der Waals surface area contributed by atoms with Crippen LogP contribution in [-0.4, -0.2) is 40.1 Å². The minimum atomic E-state index is -0.962. The molecule has 6 nitrogen and oxygen atoms in total. The Morgan fingerprint density at radius 1 is 1.78 bits per heavy atom. The molecule has 0 aliphatic heterocycles. The Morgan fingerprint density at radius 2 is 2.50 bits per heavy atom. The number of nitrogens with one attached hydrogen (secondary N) is 1. The van der Waals surface area contributed by atoms with Gasteiger partial charge in [-0.05, 0) is 6.92 Å². The summed E-state index contributed by atoms with van der Waals surface area (Å²) in [7, 11) is 1.72. The molecule has 1 unspecified atom stereocenters. The zero-order valence-corrected chi connectivity index (χ0v) is 10.7. The molecule has 0 spiro atoms. The van der Waals surface area contributed by atoms with Gasteiger partial charge in [-0.3, -0.25) is 4.68 Å². The molecule has 0 aliphatic rings. The minimum Gasteiger partial charge on any atom is -0.478 e. The Balaban J connectivity index is 2.46. The van der Waals surface area contributed by atoms with Crippen molar-refractivity contribution in [3.8, 4) is 0 Å². The summed E-state index contributed by atoms with van der Waals surface area (Å²) in [5.74, 6) is -0.962. The summed E-state index contributed by atoms with van der Waals surface area (Å²) < 4.78 is 6.96. The van der Waals surface area contributed by atoms with Gasteiger partial charge in [0.25, 0.3) is 0 Å². The van der Waals surface area contributed by atoms with Crippen molar-refractivity contribution in [1.29, 1.82) is 0 Å². The van der Waals surface area contributed by atoms with Gasteiger partial charge in [-0.1, -0.05) is 6.08 Å². The molecule has 18 heavy (non-hydrogen) atoms. The third kappa shape index (κ3) is 3.97. The first-order valence-corrected chi connectivity index (χ1v) is 5.73. The van der Waals surface area contributed by atoms with E-state index < -0.39 is 5.97 Å². The second-order valence-corrected chi connectivity index (χ2v) is 4.00. The van der Waals surface area contributed by atoms with Crippen molar-refractivity contribution in [1.82, 2.24) is 15.1 Å². The third-order valence-electron chi connectivity index (χ3n) is 2.51. The molecule has 0 fully saturated rings. The highest BCUT2D eigenvalue weighted by Gasteiger charge is 2.14. The summed E-state index contributed by atoms with van der Waals surface area (Å²) in [6.07, 6.45) is 3.10. The lowest BCUT2D eigenvalue weighted by Gasteiger charge is -2.13. The fourth-order valence-electron chi connectivity index (χ4n) is 1.54. The maximum Gasteiger partial charge on any atom is 0.339 e. The molecule has 1 heterocycles. The fourth-order valence-corrected chi connectivity index (χ4v) is 1.54. The quantitative estimate of drug-likeness (QED) is 0.670. The van der Waals surface area contributed by atoms with Gasteiger partial charge in [0.15, 0.2) is 0 Å². The molecule has 0 aromatic carbocycles. The van der Waals surface area contributed by atoms with E-state index in [0.717, 1.165) is 0 Å². The lowest BCUT2D eigenvalue weighted by Crippen LogP contribution is -2.28. The highest BCUT2D eigenvalue weighted by atomic mass is 16.5. The Bertz CT molecular complexity index is 415. The molecule has 1 atom stereocenters. The fraction of sp³-hybridized carbons (Fsp3) is 0.500. The molecular formula is C12H19N3O3. The van der Waals surface area contributed by atoms with Crippen LogP contribution in [0.4, 0.5) is 0 Å². The molecule has 0 aliphatic carbocycles. The van der Waals surface area contributed by atoms with Crippen LogP contribution < -0.4 is 5.32 Å². The SMILES string of the molecule is C=CCOC(C)CNCc1c(C(=O)O)cnn1C. The van der Waals surface area contributed by atoms with Gasteiger partial charge in [0, 0.05) is 20.1 Å². The molecule has 0 saturated heterocycles. The lowest BCUT2D eigenvalue weighted by atomic mass is 10.2. The number of carboxylic acids is 1. The standard InChI is InChI=1S/C12H19N3O3/c1-4-5-18-9(2)6-13-8-11-10(12(16)17)7-14-15(11)3/h4,7,9,13H,1,5-6,8H2,2-3H3,(H,16,17). The average molecular weight is 253 g/mol. The molecule has 0 saturated carbocycles. The number of aromatic nitrogens is 2. The van der Waals surface area contributed by atoms with Gasteiger partial charge in [-0.15, -0.1) is 6.58 Å². The first-order valence-electron chi connectivity index (χ1n) is 5.73. The number of rotatable bonds is 8. The van der Waals surface area contributed by atoms with Crippen molar-refractivity contribution in [2.45, 2.75) is 19.6 Å². The molecule has 0 radical (unpaired) electrons. The molecule has 6 heteroatoms. The Morgan fingerprint density at radius 3 is 3.11 bits per heavy atom. The van der Waals surface area contributed by atoms with E-state index in [2.05, 4.69) is 17.0 Å². The molecule has 0 amide bonds. The first kappa shape index (κ1) is 14.4. The molecule has 1 aromatic heterocycles. The van der Waals surface area contributed by atoms with Crippen molar-refractivity contribution in [3.05, 3.63) is 30.1 Å². The van der Waals surface area contributed by atoms with E-state index in [1.54, 1.807) is 17.8 Å². The summed E-state index contributed by atoms with van der Waals surface area (Å²) in [5.41, 5.74) is 0.878. The summed E-state index contributed by atoms with van der Waals surface area (Å²) in [4.78, 5) is 11.0. The molecule has 1 rings (SSSR count). The number of aromatic carboxylic acids is 1. The summed E-state index contributed by atoms with van der Waals surface area (Å²) in [6.45, 7) is 7.11. The number of carboxylic acid groups (broad SMARTS) is 1. The lowest BCUT2D eigenvalue weighted by molar-refractivity contribution is 0.0695. The predicted molar refractivity (Wildman–Crippen MR) is 67.5 cm³/mol. The monoisotopic (exact) mass is 253 g/mol. The van der Waals surface area contributed by atoms with Gasteiger partial charge >= 0.3 is 5.97 Å². The topological polar surface area (TPSA) is 76.4 Å². The number of nitrogens with zero attached hydrogens (tertiary/aromatic N) is 2. The van der Waals surface area contributed by atoms with E-state index in [1.165, 1.54) is 6.20 Å². The van der Waals surface area contributed by atoms with Crippen molar-refractivity contribution < 1.29 is 14.6 Å². The van der Waals surface area contributed by atoms with Crippen LogP contribution >= 0.6 is 0 Å². The number of aryl methyl sites for hydroxylation is 1. The minimum absolute atomic E-state index is 0.0458. The molecule has 0 bridgehead atoms. The van der Waals surface area contributed by atoms with Gasteiger partial charge in [-0.2, -0.15) is 5.10 Å². The highest BCUT2D eigenvalue weighted by Crippen LogP contribution is 2.07. The maximum absolute atomic E-state index is 11.0. The number of ether oxygens (including phenoxy) is 1. The largest absolute Gasteiger partial charge is 0.478 e. The van der Waals surface area contributed by atoms with Crippen LogP contribution in [0.2, 0.25) is 0 Å². The molecular weight excluding hydrogens is 234 g/mol. The summed E-state index contributed by atoms with van der Waals surface area (Å²) in [6, 6.07) is 0. The van der Waals surface area contributed by atoms with Crippen molar-refractivity contribution in [2.75, 3.05) is 13.2 Å². The van der Waals surface area contributed by atoms with E-state index in [-0.39, 0.29) is 11.7 Å². The van der Waals surface area contributed by atoms with Gasteiger partial charge in [0.2, 0.25) is 0 Å². The molecule has 100 valence electrons. The Hall–Kier alpha value is -1.66. The van der Waals surface area contributed by atoms with Gasteiger partial charge < -0.3 is 15.2 Å². The summed E-state index contributed by atoms with van der Waals surface area (Å²) >= 11 is 0. The van der Waals surface area contributed by atoms with Gasteiger partial charge in [0.05, 0.1) is 24.6 Å². The normalized spacial score (nSPS) is 12.3.